The Morgan fingerprint density at radius 1 is 1.32 bits per heavy atom. The second kappa shape index (κ2) is 7.40. The minimum atomic E-state index is -0.517. The highest BCUT2D eigenvalue weighted by atomic mass is 16.7. The van der Waals surface area contributed by atoms with Gasteiger partial charge in [-0.3, -0.25) is 0 Å². The molecule has 0 aliphatic carbocycles. The third kappa shape index (κ3) is 5.24. The summed E-state index contributed by atoms with van der Waals surface area (Å²) in [6.07, 6.45) is 2.09. The largest absolute Gasteiger partial charge is 0.369 e. The highest BCUT2D eigenvalue weighted by Crippen LogP contribution is 2.30. The summed E-state index contributed by atoms with van der Waals surface area (Å²) in [5.74, 6) is -0.517. The van der Waals surface area contributed by atoms with Crippen molar-refractivity contribution in [1.82, 2.24) is 0 Å². The summed E-state index contributed by atoms with van der Waals surface area (Å²) >= 11 is 0. The molecule has 3 nitrogen and oxygen atoms in total. The Bertz CT molecular complexity index is 481. The van der Waals surface area contributed by atoms with Gasteiger partial charge in [-0.15, -0.1) is 0 Å². The molecule has 0 unspecified atom stereocenters. The molecule has 1 fully saturated rings. The van der Waals surface area contributed by atoms with Gasteiger partial charge in [-0.1, -0.05) is 36.9 Å². The molecule has 1 aromatic carbocycles. The minimum absolute atomic E-state index is 0.0186. The van der Waals surface area contributed by atoms with E-state index in [1.54, 1.807) is 0 Å². The Kier molecular flexibility index (Phi) is 5.79. The van der Waals surface area contributed by atoms with Crippen LogP contribution in [0, 0.1) is 0 Å². The van der Waals surface area contributed by atoms with Crippen molar-refractivity contribution in [3.63, 3.8) is 0 Å². The Labute approximate surface area is 134 Å². The van der Waals surface area contributed by atoms with Gasteiger partial charge in [-0.2, -0.15) is 0 Å². The molecule has 1 aromatic rings. The summed E-state index contributed by atoms with van der Waals surface area (Å²) in [6.45, 7) is 12.9. The highest BCUT2D eigenvalue weighted by Gasteiger charge is 2.33. The maximum atomic E-state index is 5.99. The number of hydrogen-bond acceptors (Lipinski definition) is 3. The van der Waals surface area contributed by atoms with E-state index in [9.17, 15) is 0 Å². The van der Waals surface area contributed by atoms with E-state index in [0.717, 1.165) is 18.4 Å². The molecule has 122 valence electrons. The molecule has 0 aromatic heterocycles. The molecule has 1 aliphatic heterocycles. The van der Waals surface area contributed by atoms with Crippen LogP contribution in [0.3, 0.4) is 0 Å². The molecule has 0 spiro atoms. The van der Waals surface area contributed by atoms with Crippen LogP contribution in [0.15, 0.2) is 42.5 Å². The summed E-state index contributed by atoms with van der Waals surface area (Å²) in [7, 11) is 0. The zero-order valence-corrected chi connectivity index (χ0v) is 14.2. The van der Waals surface area contributed by atoms with E-state index in [-0.39, 0.29) is 18.3 Å². The van der Waals surface area contributed by atoms with Crippen molar-refractivity contribution >= 4 is 0 Å². The van der Waals surface area contributed by atoms with Crippen molar-refractivity contribution in [2.45, 2.75) is 71.2 Å². The molecule has 2 rings (SSSR count). The quantitative estimate of drug-likeness (QED) is 0.726. The van der Waals surface area contributed by atoms with Crippen molar-refractivity contribution in [2.24, 2.45) is 0 Å². The topological polar surface area (TPSA) is 27.7 Å². The third-order valence-electron chi connectivity index (χ3n) is 3.94. The molecule has 0 saturated carbocycles. The maximum absolute atomic E-state index is 5.99. The molecule has 1 aliphatic rings. The first-order valence-electron chi connectivity index (χ1n) is 8.04. The van der Waals surface area contributed by atoms with Gasteiger partial charge < -0.3 is 14.2 Å². The van der Waals surface area contributed by atoms with Crippen molar-refractivity contribution in [1.29, 1.82) is 0 Å². The Hall–Kier alpha value is -1.16. The van der Waals surface area contributed by atoms with Gasteiger partial charge in [0, 0.05) is 6.42 Å². The standard InChI is InChI=1S/C19H28O3/c1-14(11-18-12-15(2)21-19(4,5)22-18)16(3)20-13-17-9-7-6-8-10-17/h6-10,15-16,18H,1,11-13H2,2-5H3/t15-,16-,18+/m0/s1. The Morgan fingerprint density at radius 2 is 2.00 bits per heavy atom. The molecule has 0 amide bonds. The first-order valence-corrected chi connectivity index (χ1v) is 8.04. The molecule has 3 atom stereocenters. The predicted molar refractivity (Wildman–Crippen MR) is 88.6 cm³/mol. The van der Waals surface area contributed by atoms with E-state index < -0.39 is 5.79 Å². The lowest BCUT2D eigenvalue weighted by atomic mass is 9.99. The molecular weight excluding hydrogens is 276 g/mol. The van der Waals surface area contributed by atoms with E-state index in [0.29, 0.717) is 6.61 Å². The third-order valence-corrected chi connectivity index (χ3v) is 3.94. The highest BCUT2D eigenvalue weighted by molar-refractivity contribution is 5.14. The summed E-state index contributed by atoms with van der Waals surface area (Å²) in [5.41, 5.74) is 2.25. The molecule has 1 heterocycles. The van der Waals surface area contributed by atoms with Crippen LogP contribution < -0.4 is 0 Å². The SMILES string of the molecule is C=C(C[C@@H]1C[C@H](C)OC(C)(C)O1)[C@H](C)OCc1ccccc1. The summed E-state index contributed by atoms with van der Waals surface area (Å²) in [5, 5.41) is 0. The molecule has 0 N–H and O–H groups in total. The summed E-state index contributed by atoms with van der Waals surface area (Å²) < 4.78 is 17.7. The van der Waals surface area contributed by atoms with Crippen molar-refractivity contribution in [3.05, 3.63) is 48.0 Å². The monoisotopic (exact) mass is 304 g/mol. The van der Waals surface area contributed by atoms with Crippen LogP contribution >= 0.6 is 0 Å². The minimum Gasteiger partial charge on any atom is -0.369 e. The number of benzene rings is 1. The van der Waals surface area contributed by atoms with Crippen molar-refractivity contribution in [3.8, 4) is 0 Å². The van der Waals surface area contributed by atoms with Gasteiger partial charge in [0.15, 0.2) is 5.79 Å². The summed E-state index contributed by atoms with van der Waals surface area (Å²) in [6, 6.07) is 10.2. The van der Waals surface area contributed by atoms with Crippen LogP contribution in [-0.4, -0.2) is 24.1 Å². The fourth-order valence-corrected chi connectivity index (χ4v) is 2.88. The van der Waals surface area contributed by atoms with Crippen LogP contribution in [0.5, 0.6) is 0 Å². The smallest absolute Gasteiger partial charge is 0.163 e. The molecule has 0 bridgehead atoms. The fourth-order valence-electron chi connectivity index (χ4n) is 2.88. The second-order valence-electron chi connectivity index (χ2n) is 6.61. The molecule has 22 heavy (non-hydrogen) atoms. The van der Waals surface area contributed by atoms with E-state index in [1.807, 2.05) is 32.0 Å². The fraction of sp³-hybridized carbons (Fsp3) is 0.579. The Balaban J connectivity index is 1.81. The normalized spacial score (nSPS) is 25.6. The van der Waals surface area contributed by atoms with Crippen LogP contribution in [0.2, 0.25) is 0 Å². The summed E-state index contributed by atoms with van der Waals surface area (Å²) in [4.78, 5) is 0. The van der Waals surface area contributed by atoms with Gasteiger partial charge in [0.2, 0.25) is 0 Å². The first kappa shape index (κ1) is 17.2. The van der Waals surface area contributed by atoms with Gasteiger partial charge in [0.05, 0.1) is 24.9 Å². The van der Waals surface area contributed by atoms with Crippen LogP contribution in [0.4, 0.5) is 0 Å². The zero-order valence-electron chi connectivity index (χ0n) is 14.2. The Morgan fingerprint density at radius 3 is 2.64 bits per heavy atom. The lowest BCUT2D eigenvalue weighted by Crippen LogP contribution is -2.43. The van der Waals surface area contributed by atoms with Gasteiger partial charge in [-0.25, -0.2) is 0 Å². The van der Waals surface area contributed by atoms with Crippen LogP contribution in [-0.2, 0) is 20.8 Å². The van der Waals surface area contributed by atoms with E-state index in [2.05, 4.69) is 32.6 Å². The zero-order chi connectivity index (χ0) is 16.2. The van der Waals surface area contributed by atoms with E-state index >= 15 is 0 Å². The van der Waals surface area contributed by atoms with Gasteiger partial charge in [0.25, 0.3) is 0 Å². The average molecular weight is 304 g/mol. The first-order chi connectivity index (χ1) is 10.4. The van der Waals surface area contributed by atoms with E-state index in [1.165, 1.54) is 5.56 Å². The molecule has 3 heteroatoms. The second-order valence-corrected chi connectivity index (χ2v) is 6.61. The molecule has 1 saturated heterocycles. The van der Waals surface area contributed by atoms with Crippen LogP contribution in [0.25, 0.3) is 0 Å². The number of hydrogen-bond donors (Lipinski definition) is 0. The molecular formula is C19H28O3. The van der Waals surface area contributed by atoms with Gasteiger partial charge in [-0.05, 0) is 45.3 Å². The lowest BCUT2D eigenvalue weighted by Gasteiger charge is -2.40. The number of rotatable bonds is 6. The van der Waals surface area contributed by atoms with Gasteiger partial charge >= 0.3 is 0 Å². The molecule has 0 radical (unpaired) electrons. The lowest BCUT2D eigenvalue weighted by molar-refractivity contribution is -0.295. The van der Waals surface area contributed by atoms with Crippen molar-refractivity contribution < 1.29 is 14.2 Å². The average Bonchev–Trinajstić information content (AvgIpc) is 2.43. The maximum Gasteiger partial charge on any atom is 0.163 e. The predicted octanol–water partition coefficient (Wildman–Crippen LogP) is 4.47. The number of ether oxygens (including phenoxy) is 3. The van der Waals surface area contributed by atoms with Crippen LogP contribution in [0.1, 0.15) is 46.1 Å². The van der Waals surface area contributed by atoms with E-state index in [4.69, 9.17) is 14.2 Å². The van der Waals surface area contributed by atoms with Crippen molar-refractivity contribution in [2.75, 3.05) is 0 Å². The van der Waals surface area contributed by atoms with Gasteiger partial charge in [0.1, 0.15) is 0 Å².